The summed E-state index contributed by atoms with van der Waals surface area (Å²) < 4.78 is 48.6. The zero-order valence-electron chi connectivity index (χ0n) is 8.80. The molecule has 0 unspecified atom stereocenters. The standard InChI is InChI=1S/C9H17F2NO2S/c1-12-7-9(10,11)6-8-2-4-15(13,14)5-3-8/h8,12H,2-7H2,1H3. The van der Waals surface area contributed by atoms with E-state index in [1.807, 2.05) is 0 Å². The van der Waals surface area contributed by atoms with Gasteiger partial charge in [-0.2, -0.15) is 0 Å². The van der Waals surface area contributed by atoms with Crippen molar-refractivity contribution in [3.63, 3.8) is 0 Å². The zero-order valence-corrected chi connectivity index (χ0v) is 9.62. The van der Waals surface area contributed by atoms with Crippen molar-refractivity contribution >= 4 is 9.84 Å². The topological polar surface area (TPSA) is 46.2 Å². The maximum absolute atomic E-state index is 13.2. The van der Waals surface area contributed by atoms with Crippen LogP contribution in [0.25, 0.3) is 0 Å². The van der Waals surface area contributed by atoms with Gasteiger partial charge in [-0.05, 0) is 25.8 Å². The molecule has 0 saturated carbocycles. The highest BCUT2D eigenvalue weighted by atomic mass is 32.2. The monoisotopic (exact) mass is 241 g/mol. The Morgan fingerprint density at radius 3 is 2.33 bits per heavy atom. The zero-order chi connectivity index (χ0) is 11.5. The van der Waals surface area contributed by atoms with Crippen LogP contribution in [0.4, 0.5) is 8.78 Å². The van der Waals surface area contributed by atoms with Gasteiger partial charge in [0.25, 0.3) is 5.92 Å². The maximum atomic E-state index is 13.2. The molecule has 3 nitrogen and oxygen atoms in total. The largest absolute Gasteiger partial charge is 0.314 e. The van der Waals surface area contributed by atoms with Crippen molar-refractivity contribution in [2.24, 2.45) is 5.92 Å². The van der Waals surface area contributed by atoms with Gasteiger partial charge in [-0.3, -0.25) is 0 Å². The number of halogens is 2. The Labute approximate surface area is 89.2 Å². The Hall–Kier alpha value is -0.230. The van der Waals surface area contributed by atoms with Gasteiger partial charge in [0.15, 0.2) is 0 Å². The molecule has 1 aliphatic heterocycles. The molecule has 1 fully saturated rings. The normalized spacial score (nSPS) is 22.9. The Kier molecular flexibility index (Phi) is 4.06. The molecule has 90 valence electrons. The molecule has 0 aromatic heterocycles. The number of hydrogen-bond donors (Lipinski definition) is 1. The van der Waals surface area contributed by atoms with E-state index >= 15 is 0 Å². The summed E-state index contributed by atoms with van der Waals surface area (Å²) in [6, 6.07) is 0. The molecule has 15 heavy (non-hydrogen) atoms. The summed E-state index contributed by atoms with van der Waals surface area (Å²) in [5.74, 6) is -2.75. The van der Waals surface area contributed by atoms with E-state index in [9.17, 15) is 17.2 Å². The Balaban J connectivity index is 2.42. The van der Waals surface area contributed by atoms with Gasteiger partial charge in [-0.15, -0.1) is 0 Å². The molecule has 6 heteroatoms. The quantitative estimate of drug-likeness (QED) is 0.800. The lowest BCUT2D eigenvalue weighted by Gasteiger charge is -2.26. The van der Waals surface area contributed by atoms with Crippen LogP contribution < -0.4 is 5.32 Å². The van der Waals surface area contributed by atoms with Gasteiger partial charge in [-0.1, -0.05) is 0 Å². The van der Waals surface area contributed by atoms with E-state index in [1.54, 1.807) is 0 Å². The molecular weight excluding hydrogens is 224 g/mol. The van der Waals surface area contributed by atoms with Crippen molar-refractivity contribution in [3.8, 4) is 0 Å². The van der Waals surface area contributed by atoms with E-state index in [-0.39, 0.29) is 30.4 Å². The molecule has 0 aromatic carbocycles. The van der Waals surface area contributed by atoms with Gasteiger partial charge in [0, 0.05) is 6.42 Å². The van der Waals surface area contributed by atoms with E-state index in [1.165, 1.54) is 7.05 Å². The maximum Gasteiger partial charge on any atom is 0.260 e. The molecule has 0 atom stereocenters. The minimum atomic E-state index is -2.94. The SMILES string of the molecule is CNCC(F)(F)CC1CCS(=O)(=O)CC1. The third-order valence-electron chi connectivity index (χ3n) is 2.70. The van der Waals surface area contributed by atoms with Crippen molar-refractivity contribution in [1.82, 2.24) is 5.32 Å². The molecule has 0 radical (unpaired) electrons. The number of rotatable bonds is 4. The van der Waals surface area contributed by atoms with Gasteiger partial charge in [-0.25, -0.2) is 17.2 Å². The second kappa shape index (κ2) is 4.74. The summed E-state index contributed by atoms with van der Waals surface area (Å²) in [6.07, 6.45) is 0.548. The summed E-state index contributed by atoms with van der Waals surface area (Å²) in [5, 5.41) is 2.45. The lowest BCUT2D eigenvalue weighted by molar-refractivity contribution is -0.0211. The first-order valence-electron chi connectivity index (χ1n) is 5.07. The first-order chi connectivity index (χ1) is 6.85. The van der Waals surface area contributed by atoms with E-state index in [4.69, 9.17) is 0 Å². The van der Waals surface area contributed by atoms with Crippen molar-refractivity contribution in [2.45, 2.75) is 25.2 Å². The molecule has 1 rings (SSSR count). The van der Waals surface area contributed by atoms with E-state index in [0.717, 1.165) is 0 Å². The van der Waals surface area contributed by atoms with Crippen molar-refractivity contribution in [2.75, 3.05) is 25.1 Å². The highest BCUT2D eigenvalue weighted by Gasteiger charge is 2.34. The molecule has 1 N–H and O–H groups in total. The second-order valence-corrected chi connectivity index (χ2v) is 6.49. The van der Waals surface area contributed by atoms with Crippen LogP contribution in [0.5, 0.6) is 0 Å². The summed E-state index contributed by atoms with van der Waals surface area (Å²) >= 11 is 0. The first kappa shape index (κ1) is 12.8. The average Bonchev–Trinajstić information content (AvgIpc) is 2.08. The number of nitrogens with one attached hydrogen (secondary N) is 1. The predicted octanol–water partition coefficient (Wildman–Crippen LogP) is 1.06. The fourth-order valence-electron chi connectivity index (χ4n) is 1.90. The number of hydrogen-bond acceptors (Lipinski definition) is 3. The molecule has 0 aliphatic carbocycles. The van der Waals surface area contributed by atoms with Gasteiger partial charge < -0.3 is 5.32 Å². The summed E-state index contributed by atoms with van der Waals surface area (Å²) in [6.45, 7) is -0.337. The van der Waals surface area contributed by atoms with Crippen molar-refractivity contribution < 1.29 is 17.2 Å². The predicted molar refractivity (Wildman–Crippen MR) is 54.9 cm³/mol. The molecule has 1 heterocycles. The molecule has 0 amide bonds. The van der Waals surface area contributed by atoms with E-state index < -0.39 is 15.8 Å². The van der Waals surface area contributed by atoms with E-state index in [2.05, 4.69) is 5.32 Å². The second-order valence-electron chi connectivity index (χ2n) is 4.19. The molecule has 0 aromatic rings. The van der Waals surface area contributed by atoms with Crippen LogP contribution in [0.1, 0.15) is 19.3 Å². The van der Waals surface area contributed by atoms with Crippen LogP contribution in [0.2, 0.25) is 0 Å². The van der Waals surface area contributed by atoms with Gasteiger partial charge in [0.1, 0.15) is 9.84 Å². The third-order valence-corrected chi connectivity index (χ3v) is 4.41. The number of alkyl halides is 2. The van der Waals surface area contributed by atoms with Gasteiger partial charge >= 0.3 is 0 Å². The Morgan fingerprint density at radius 2 is 1.87 bits per heavy atom. The minimum Gasteiger partial charge on any atom is -0.314 e. The summed E-state index contributed by atoms with van der Waals surface area (Å²) in [7, 11) is -1.46. The van der Waals surface area contributed by atoms with Crippen LogP contribution >= 0.6 is 0 Å². The van der Waals surface area contributed by atoms with Crippen molar-refractivity contribution in [3.05, 3.63) is 0 Å². The fourth-order valence-corrected chi connectivity index (χ4v) is 3.49. The van der Waals surface area contributed by atoms with Gasteiger partial charge in [0.2, 0.25) is 0 Å². The molecule has 1 saturated heterocycles. The summed E-state index contributed by atoms with van der Waals surface area (Å²) in [4.78, 5) is 0. The lowest BCUT2D eigenvalue weighted by atomic mass is 9.95. The molecule has 0 bridgehead atoms. The number of sulfone groups is 1. The smallest absolute Gasteiger partial charge is 0.260 e. The van der Waals surface area contributed by atoms with Crippen LogP contribution in [0.3, 0.4) is 0 Å². The fraction of sp³-hybridized carbons (Fsp3) is 1.00. The Bertz CT molecular complexity index is 289. The van der Waals surface area contributed by atoms with E-state index in [0.29, 0.717) is 12.8 Å². The molecular formula is C9H17F2NO2S. The van der Waals surface area contributed by atoms with Crippen molar-refractivity contribution in [1.29, 1.82) is 0 Å². The average molecular weight is 241 g/mol. The Morgan fingerprint density at radius 1 is 1.33 bits per heavy atom. The van der Waals surface area contributed by atoms with Gasteiger partial charge in [0.05, 0.1) is 18.1 Å². The van der Waals surface area contributed by atoms with Crippen LogP contribution in [-0.2, 0) is 9.84 Å². The highest BCUT2D eigenvalue weighted by molar-refractivity contribution is 7.91. The van der Waals surface area contributed by atoms with Crippen LogP contribution in [0.15, 0.2) is 0 Å². The third kappa shape index (κ3) is 4.42. The van der Waals surface area contributed by atoms with Crippen LogP contribution in [0, 0.1) is 5.92 Å². The van der Waals surface area contributed by atoms with Crippen LogP contribution in [-0.4, -0.2) is 39.4 Å². The highest BCUT2D eigenvalue weighted by Crippen LogP contribution is 2.30. The lowest BCUT2D eigenvalue weighted by Crippen LogP contribution is -2.35. The molecule has 1 aliphatic rings. The molecule has 0 spiro atoms. The minimum absolute atomic E-state index is 0.0628. The summed E-state index contributed by atoms with van der Waals surface area (Å²) in [5.41, 5.74) is 0. The first-order valence-corrected chi connectivity index (χ1v) is 6.90.